The molecule has 1 aromatic heterocycles. The molecule has 1 saturated heterocycles. The third-order valence-corrected chi connectivity index (χ3v) is 3.18. The molecule has 3 nitrogen and oxygen atoms in total. The van der Waals surface area contributed by atoms with Gasteiger partial charge >= 0.3 is 0 Å². The van der Waals surface area contributed by atoms with E-state index in [0.29, 0.717) is 6.04 Å². The van der Waals surface area contributed by atoms with Crippen molar-refractivity contribution in [2.75, 3.05) is 6.54 Å². The smallest absolute Gasteiger partial charge is 0.0800 e. The SMILES string of the molecule is CCc1nnsc1C1CCCN1. The lowest BCUT2D eigenvalue weighted by Gasteiger charge is -2.06. The first kappa shape index (κ1) is 8.13. The largest absolute Gasteiger partial charge is 0.309 e. The summed E-state index contributed by atoms with van der Waals surface area (Å²) in [4.78, 5) is 1.36. The van der Waals surface area contributed by atoms with Crippen molar-refractivity contribution >= 4 is 11.5 Å². The van der Waals surface area contributed by atoms with Crippen LogP contribution in [0.4, 0.5) is 0 Å². The molecule has 0 aromatic carbocycles. The topological polar surface area (TPSA) is 37.8 Å². The van der Waals surface area contributed by atoms with E-state index < -0.39 is 0 Å². The minimum Gasteiger partial charge on any atom is -0.309 e. The molecular formula is C8H13N3S. The lowest BCUT2D eigenvalue weighted by molar-refractivity contribution is 0.650. The van der Waals surface area contributed by atoms with Crippen LogP contribution in [0.3, 0.4) is 0 Å². The molecule has 2 rings (SSSR count). The van der Waals surface area contributed by atoms with Gasteiger partial charge in [-0.25, -0.2) is 0 Å². The Morgan fingerprint density at radius 2 is 2.58 bits per heavy atom. The lowest BCUT2D eigenvalue weighted by atomic mass is 10.1. The quantitative estimate of drug-likeness (QED) is 0.755. The Kier molecular flexibility index (Phi) is 2.37. The summed E-state index contributed by atoms with van der Waals surface area (Å²) in [5, 5.41) is 7.57. The molecule has 0 radical (unpaired) electrons. The Balaban J connectivity index is 2.19. The molecule has 1 aromatic rings. The lowest BCUT2D eigenvalue weighted by Crippen LogP contribution is -2.12. The highest BCUT2D eigenvalue weighted by Crippen LogP contribution is 2.27. The summed E-state index contributed by atoms with van der Waals surface area (Å²) in [7, 11) is 0. The fourth-order valence-corrected chi connectivity index (χ4v) is 2.48. The maximum absolute atomic E-state index is 4.11. The molecule has 0 bridgehead atoms. The van der Waals surface area contributed by atoms with Crippen molar-refractivity contribution in [1.82, 2.24) is 14.9 Å². The highest BCUT2D eigenvalue weighted by atomic mass is 32.1. The number of nitrogens with one attached hydrogen (secondary N) is 1. The zero-order chi connectivity index (χ0) is 8.39. The fraction of sp³-hybridized carbons (Fsp3) is 0.750. The number of aryl methyl sites for hydroxylation is 1. The second kappa shape index (κ2) is 3.49. The number of hydrogen-bond donors (Lipinski definition) is 1. The Bertz CT molecular complexity index is 253. The molecule has 1 fully saturated rings. The van der Waals surface area contributed by atoms with Gasteiger partial charge in [-0.15, -0.1) is 5.10 Å². The molecule has 0 aliphatic carbocycles. The van der Waals surface area contributed by atoms with Crippen molar-refractivity contribution in [3.8, 4) is 0 Å². The molecule has 4 heteroatoms. The van der Waals surface area contributed by atoms with Gasteiger partial charge in [-0.05, 0) is 37.3 Å². The van der Waals surface area contributed by atoms with Gasteiger partial charge in [0.05, 0.1) is 10.6 Å². The number of nitrogens with zero attached hydrogens (tertiary/aromatic N) is 2. The van der Waals surface area contributed by atoms with Gasteiger partial charge in [0.15, 0.2) is 0 Å². The highest BCUT2D eigenvalue weighted by molar-refractivity contribution is 7.05. The summed E-state index contributed by atoms with van der Waals surface area (Å²) in [6, 6.07) is 0.542. The maximum atomic E-state index is 4.11. The monoisotopic (exact) mass is 183 g/mol. The van der Waals surface area contributed by atoms with Crippen LogP contribution in [0.1, 0.15) is 36.4 Å². The first-order chi connectivity index (χ1) is 5.92. The Morgan fingerprint density at radius 1 is 1.67 bits per heavy atom. The molecule has 2 heterocycles. The molecular weight excluding hydrogens is 170 g/mol. The van der Waals surface area contributed by atoms with E-state index in [-0.39, 0.29) is 0 Å². The summed E-state index contributed by atoms with van der Waals surface area (Å²) < 4.78 is 3.99. The van der Waals surface area contributed by atoms with Crippen molar-refractivity contribution in [1.29, 1.82) is 0 Å². The Morgan fingerprint density at radius 3 is 3.25 bits per heavy atom. The fourth-order valence-electron chi connectivity index (χ4n) is 1.63. The van der Waals surface area contributed by atoms with E-state index in [2.05, 4.69) is 21.8 Å². The second-order valence-corrected chi connectivity index (χ2v) is 3.87. The van der Waals surface area contributed by atoms with Crippen molar-refractivity contribution in [2.24, 2.45) is 0 Å². The number of rotatable bonds is 2. The van der Waals surface area contributed by atoms with Crippen LogP contribution in [-0.4, -0.2) is 16.1 Å². The van der Waals surface area contributed by atoms with Crippen LogP contribution in [0.5, 0.6) is 0 Å². The predicted molar refractivity (Wildman–Crippen MR) is 49.3 cm³/mol. The van der Waals surface area contributed by atoms with Crippen LogP contribution >= 0.6 is 11.5 Å². The van der Waals surface area contributed by atoms with E-state index in [1.54, 1.807) is 11.5 Å². The molecule has 0 spiro atoms. The van der Waals surface area contributed by atoms with Crippen LogP contribution in [0.15, 0.2) is 0 Å². The van der Waals surface area contributed by atoms with E-state index in [4.69, 9.17) is 0 Å². The molecule has 1 aliphatic heterocycles. The second-order valence-electron chi connectivity index (χ2n) is 3.09. The van der Waals surface area contributed by atoms with Crippen LogP contribution in [0, 0.1) is 0 Å². The van der Waals surface area contributed by atoms with E-state index >= 15 is 0 Å². The van der Waals surface area contributed by atoms with Gasteiger partial charge in [-0.3, -0.25) is 0 Å². The average molecular weight is 183 g/mol. The third kappa shape index (κ3) is 1.36. The van der Waals surface area contributed by atoms with E-state index in [1.807, 2.05) is 0 Å². The van der Waals surface area contributed by atoms with Gasteiger partial charge in [-0.2, -0.15) is 0 Å². The van der Waals surface area contributed by atoms with E-state index in [0.717, 1.165) is 13.0 Å². The molecule has 0 amide bonds. The zero-order valence-corrected chi connectivity index (χ0v) is 8.02. The predicted octanol–water partition coefficient (Wildman–Crippen LogP) is 1.52. The summed E-state index contributed by atoms with van der Waals surface area (Å²) in [6.45, 7) is 3.28. The summed E-state index contributed by atoms with van der Waals surface area (Å²) in [6.07, 6.45) is 3.53. The Labute approximate surface area is 76.4 Å². The van der Waals surface area contributed by atoms with Crippen LogP contribution in [0.25, 0.3) is 0 Å². The van der Waals surface area contributed by atoms with Gasteiger partial charge in [0, 0.05) is 6.04 Å². The van der Waals surface area contributed by atoms with Crippen molar-refractivity contribution < 1.29 is 0 Å². The molecule has 12 heavy (non-hydrogen) atoms. The molecule has 66 valence electrons. The first-order valence-corrected chi connectivity index (χ1v) is 5.23. The van der Waals surface area contributed by atoms with Crippen molar-refractivity contribution in [2.45, 2.75) is 32.2 Å². The van der Waals surface area contributed by atoms with Gasteiger partial charge < -0.3 is 5.32 Å². The number of hydrogen-bond acceptors (Lipinski definition) is 4. The standard InChI is InChI=1S/C8H13N3S/c1-2-6-8(12-11-10-6)7-4-3-5-9-7/h7,9H,2-5H2,1H3. The Hall–Kier alpha value is -0.480. The third-order valence-electron chi connectivity index (χ3n) is 2.30. The molecule has 1 unspecified atom stereocenters. The molecule has 0 saturated carbocycles. The summed E-state index contributed by atoms with van der Waals surface area (Å²) >= 11 is 1.55. The maximum Gasteiger partial charge on any atom is 0.0800 e. The minimum atomic E-state index is 0.542. The van der Waals surface area contributed by atoms with Crippen molar-refractivity contribution in [3.05, 3.63) is 10.6 Å². The normalized spacial score (nSPS) is 23.2. The van der Waals surface area contributed by atoms with Gasteiger partial charge in [0.25, 0.3) is 0 Å². The molecule has 1 atom stereocenters. The summed E-state index contributed by atoms with van der Waals surface area (Å²) in [5.74, 6) is 0. The molecule has 1 aliphatic rings. The van der Waals surface area contributed by atoms with Crippen LogP contribution in [0.2, 0.25) is 0 Å². The first-order valence-electron chi connectivity index (χ1n) is 4.46. The molecule has 1 N–H and O–H groups in total. The van der Waals surface area contributed by atoms with Gasteiger partial charge in [0.1, 0.15) is 0 Å². The van der Waals surface area contributed by atoms with Gasteiger partial charge in [-0.1, -0.05) is 11.4 Å². The van der Waals surface area contributed by atoms with Crippen LogP contribution < -0.4 is 5.32 Å². The van der Waals surface area contributed by atoms with E-state index in [1.165, 1.54) is 23.4 Å². The number of aromatic nitrogens is 2. The van der Waals surface area contributed by atoms with Crippen LogP contribution in [-0.2, 0) is 6.42 Å². The van der Waals surface area contributed by atoms with Gasteiger partial charge in [0.2, 0.25) is 0 Å². The average Bonchev–Trinajstić information content (AvgIpc) is 2.74. The highest BCUT2D eigenvalue weighted by Gasteiger charge is 2.21. The summed E-state index contributed by atoms with van der Waals surface area (Å²) in [5.41, 5.74) is 1.18. The zero-order valence-electron chi connectivity index (χ0n) is 7.21. The van der Waals surface area contributed by atoms with Crippen molar-refractivity contribution in [3.63, 3.8) is 0 Å². The van der Waals surface area contributed by atoms with E-state index in [9.17, 15) is 0 Å². The minimum absolute atomic E-state index is 0.542.